The summed E-state index contributed by atoms with van der Waals surface area (Å²) >= 11 is 0. The molecule has 0 N–H and O–H groups in total. The number of carbonyl (C=O) groups excluding carboxylic acids is 1. The second-order valence-corrected chi connectivity index (χ2v) is 6.19. The lowest BCUT2D eigenvalue weighted by atomic mass is 10.00. The van der Waals surface area contributed by atoms with Crippen molar-refractivity contribution in [2.45, 2.75) is 84.5 Å². The normalized spacial score (nSPS) is 10.8. The van der Waals surface area contributed by atoms with Gasteiger partial charge in [0.1, 0.15) is 5.78 Å². The van der Waals surface area contributed by atoms with Crippen LogP contribution in [0, 0.1) is 6.92 Å². The average Bonchev–Trinajstić information content (AvgIpc) is 2.49. The van der Waals surface area contributed by atoms with Crippen molar-refractivity contribution in [3.05, 3.63) is 35.4 Å². The van der Waals surface area contributed by atoms with Gasteiger partial charge in [-0.2, -0.15) is 0 Å². The van der Waals surface area contributed by atoms with E-state index in [0.29, 0.717) is 12.2 Å². The van der Waals surface area contributed by atoms with Crippen LogP contribution in [0.15, 0.2) is 24.3 Å². The van der Waals surface area contributed by atoms with Crippen LogP contribution in [0.1, 0.15) is 82.3 Å². The second kappa shape index (κ2) is 11.5. The third-order valence-corrected chi connectivity index (χ3v) is 4.24. The summed E-state index contributed by atoms with van der Waals surface area (Å²) in [5.74, 6) is 0.434. The molecule has 118 valence electrons. The van der Waals surface area contributed by atoms with E-state index in [4.69, 9.17) is 0 Å². The standard InChI is InChI=1S/C20H32O/c1-3-4-5-6-7-8-9-10-15-20(21)17-16-19-14-12-11-13-18(19)2/h11-14H,3-10,15-17H2,1-2H3. The smallest absolute Gasteiger partial charge is 0.133 e. The van der Waals surface area contributed by atoms with Gasteiger partial charge in [-0.1, -0.05) is 76.1 Å². The molecule has 1 aromatic carbocycles. The van der Waals surface area contributed by atoms with Crippen molar-refractivity contribution in [1.82, 2.24) is 0 Å². The van der Waals surface area contributed by atoms with Crippen LogP contribution in [0.25, 0.3) is 0 Å². The fraction of sp³-hybridized carbons (Fsp3) is 0.650. The summed E-state index contributed by atoms with van der Waals surface area (Å²) in [5, 5.41) is 0. The van der Waals surface area contributed by atoms with E-state index in [1.807, 2.05) is 0 Å². The first-order valence-electron chi connectivity index (χ1n) is 8.80. The monoisotopic (exact) mass is 288 g/mol. The zero-order chi connectivity index (χ0) is 15.3. The number of benzene rings is 1. The third-order valence-electron chi connectivity index (χ3n) is 4.24. The lowest BCUT2D eigenvalue weighted by molar-refractivity contribution is -0.119. The van der Waals surface area contributed by atoms with Gasteiger partial charge in [-0.15, -0.1) is 0 Å². The topological polar surface area (TPSA) is 17.1 Å². The van der Waals surface area contributed by atoms with Gasteiger partial charge in [0.15, 0.2) is 0 Å². The van der Waals surface area contributed by atoms with Crippen LogP contribution < -0.4 is 0 Å². The van der Waals surface area contributed by atoms with E-state index >= 15 is 0 Å². The summed E-state index contributed by atoms with van der Waals surface area (Å²) in [6.07, 6.45) is 12.8. The molecule has 0 radical (unpaired) electrons. The summed E-state index contributed by atoms with van der Waals surface area (Å²) in [6, 6.07) is 8.38. The fourth-order valence-electron chi connectivity index (χ4n) is 2.75. The van der Waals surface area contributed by atoms with E-state index in [1.165, 1.54) is 56.1 Å². The van der Waals surface area contributed by atoms with Gasteiger partial charge in [0.05, 0.1) is 0 Å². The van der Waals surface area contributed by atoms with Crippen molar-refractivity contribution in [2.75, 3.05) is 0 Å². The van der Waals surface area contributed by atoms with Crippen molar-refractivity contribution in [3.8, 4) is 0 Å². The highest BCUT2D eigenvalue weighted by molar-refractivity contribution is 5.78. The van der Waals surface area contributed by atoms with Gasteiger partial charge in [-0.3, -0.25) is 4.79 Å². The van der Waals surface area contributed by atoms with Crippen LogP contribution >= 0.6 is 0 Å². The molecule has 0 bridgehead atoms. The zero-order valence-corrected chi connectivity index (χ0v) is 14.0. The Bertz CT molecular complexity index is 395. The second-order valence-electron chi connectivity index (χ2n) is 6.19. The number of hydrogen-bond donors (Lipinski definition) is 0. The number of Topliss-reactive ketones (excluding diaryl/α,β-unsaturated/α-hetero) is 1. The van der Waals surface area contributed by atoms with Crippen molar-refractivity contribution >= 4 is 5.78 Å². The van der Waals surface area contributed by atoms with Crippen LogP contribution in [0.2, 0.25) is 0 Å². The molecule has 0 saturated heterocycles. The predicted molar refractivity (Wildman–Crippen MR) is 91.7 cm³/mol. The Balaban J connectivity index is 2.00. The molecule has 0 spiro atoms. The first-order chi connectivity index (χ1) is 10.2. The Morgan fingerprint density at radius 1 is 0.857 bits per heavy atom. The van der Waals surface area contributed by atoms with Gasteiger partial charge >= 0.3 is 0 Å². The molecule has 0 unspecified atom stereocenters. The van der Waals surface area contributed by atoms with Crippen LogP contribution in [0.4, 0.5) is 0 Å². The predicted octanol–water partition coefficient (Wildman–Crippen LogP) is 6.03. The number of unbranched alkanes of at least 4 members (excludes halogenated alkanes) is 7. The molecule has 0 aromatic heterocycles. The molecule has 1 nitrogen and oxygen atoms in total. The largest absolute Gasteiger partial charge is 0.300 e. The van der Waals surface area contributed by atoms with E-state index in [9.17, 15) is 4.79 Å². The number of aryl methyl sites for hydroxylation is 2. The highest BCUT2D eigenvalue weighted by atomic mass is 16.1. The first-order valence-corrected chi connectivity index (χ1v) is 8.80. The molecule has 0 saturated carbocycles. The molecule has 21 heavy (non-hydrogen) atoms. The first kappa shape index (κ1) is 17.9. The summed E-state index contributed by atoms with van der Waals surface area (Å²) in [7, 11) is 0. The minimum atomic E-state index is 0.434. The third kappa shape index (κ3) is 8.70. The Morgan fingerprint density at radius 2 is 1.48 bits per heavy atom. The van der Waals surface area contributed by atoms with E-state index in [2.05, 4.69) is 38.1 Å². The lowest BCUT2D eigenvalue weighted by Gasteiger charge is -2.05. The van der Waals surface area contributed by atoms with Crippen LogP contribution in [-0.2, 0) is 11.2 Å². The molecule has 0 aliphatic heterocycles. The van der Waals surface area contributed by atoms with E-state index < -0.39 is 0 Å². The van der Waals surface area contributed by atoms with Gasteiger partial charge in [-0.05, 0) is 30.9 Å². The highest BCUT2D eigenvalue weighted by Gasteiger charge is 2.04. The van der Waals surface area contributed by atoms with Crippen molar-refractivity contribution in [3.63, 3.8) is 0 Å². The van der Waals surface area contributed by atoms with Gasteiger partial charge in [-0.25, -0.2) is 0 Å². The maximum absolute atomic E-state index is 11.9. The SMILES string of the molecule is CCCCCCCCCCC(=O)CCc1ccccc1C. The molecule has 1 aromatic rings. The summed E-state index contributed by atoms with van der Waals surface area (Å²) in [5.41, 5.74) is 2.62. The molecular weight excluding hydrogens is 256 g/mol. The molecule has 0 fully saturated rings. The van der Waals surface area contributed by atoms with Gasteiger partial charge in [0.2, 0.25) is 0 Å². The number of hydrogen-bond acceptors (Lipinski definition) is 1. The Morgan fingerprint density at radius 3 is 2.14 bits per heavy atom. The molecular formula is C20H32O. The van der Waals surface area contributed by atoms with Crippen LogP contribution in [-0.4, -0.2) is 5.78 Å². The highest BCUT2D eigenvalue weighted by Crippen LogP contribution is 2.13. The average molecular weight is 288 g/mol. The molecule has 0 heterocycles. The van der Waals surface area contributed by atoms with Gasteiger partial charge in [0.25, 0.3) is 0 Å². The summed E-state index contributed by atoms with van der Waals surface area (Å²) in [6.45, 7) is 4.38. The lowest BCUT2D eigenvalue weighted by Crippen LogP contribution is -2.01. The zero-order valence-electron chi connectivity index (χ0n) is 14.0. The number of carbonyl (C=O) groups is 1. The van der Waals surface area contributed by atoms with Gasteiger partial charge < -0.3 is 0 Å². The van der Waals surface area contributed by atoms with Gasteiger partial charge in [0, 0.05) is 12.8 Å². The Hall–Kier alpha value is -1.11. The van der Waals surface area contributed by atoms with E-state index in [1.54, 1.807) is 0 Å². The molecule has 0 aliphatic rings. The van der Waals surface area contributed by atoms with Crippen molar-refractivity contribution in [1.29, 1.82) is 0 Å². The maximum Gasteiger partial charge on any atom is 0.133 e. The molecule has 0 amide bonds. The quantitative estimate of drug-likeness (QED) is 0.429. The van der Waals surface area contributed by atoms with Crippen molar-refractivity contribution in [2.24, 2.45) is 0 Å². The molecule has 0 atom stereocenters. The minimum absolute atomic E-state index is 0.434. The Kier molecular flexibility index (Phi) is 9.86. The van der Waals surface area contributed by atoms with Crippen LogP contribution in [0.5, 0.6) is 0 Å². The van der Waals surface area contributed by atoms with Crippen molar-refractivity contribution < 1.29 is 4.79 Å². The van der Waals surface area contributed by atoms with E-state index in [-0.39, 0.29) is 0 Å². The minimum Gasteiger partial charge on any atom is -0.300 e. The fourth-order valence-corrected chi connectivity index (χ4v) is 2.75. The molecule has 0 aliphatic carbocycles. The summed E-state index contributed by atoms with van der Waals surface area (Å²) < 4.78 is 0. The number of rotatable bonds is 12. The number of ketones is 1. The molecule has 1 heteroatoms. The van der Waals surface area contributed by atoms with E-state index in [0.717, 1.165) is 19.3 Å². The molecule has 1 rings (SSSR count). The summed E-state index contributed by atoms with van der Waals surface area (Å²) in [4.78, 5) is 11.9. The maximum atomic E-state index is 11.9. The van der Waals surface area contributed by atoms with Crippen LogP contribution in [0.3, 0.4) is 0 Å². The Labute approximate surface area is 131 Å².